The van der Waals surface area contributed by atoms with Crippen LogP contribution in [0.5, 0.6) is 0 Å². The van der Waals surface area contributed by atoms with Gasteiger partial charge in [-0.1, -0.05) is 6.07 Å². The van der Waals surface area contributed by atoms with Gasteiger partial charge in [0.25, 0.3) is 11.8 Å². The van der Waals surface area contributed by atoms with E-state index in [4.69, 9.17) is 0 Å². The first-order chi connectivity index (χ1) is 14.2. The van der Waals surface area contributed by atoms with Gasteiger partial charge in [-0.15, -0.1) is 11.3 Å². The molecule has 29 heavy (non-hydrogen) atoms. The van der Waals surface area contributed by atoms with E-state index < -0.39 is 0 Å². The van der Waals surface area contributed by atoms with Crippen molar-refractivity contribution in [3.63, 3.8) is 0 Å². The third-order valence-corrected chi connectivity index (χ3v) is 6.97. The van der Waals surface area contributed by atoms with Crippen molar-refractivity contribution < 1.29 is 9.59 Å². The minimum atomic E-state index is -0.202. The van der Waals surface area contributed by atoms with Crippen LogP contribution in [0.15, 0.2) is 47.5 Å². The highest BCUT2D eigenvalue weighted by Crippen LogP contribution is 2.37. The maximum Gasteiger partial charge on any atom is 0.282 e. The first kappa shape index (κ1) is 18.4. The molecule has 5 rings (SSSR count). The Kier molecular flexibility index (Phi) is 4.87. The molecule has 2 aromatic rings. The minimum Gasteiger partial charge on any atom is -0.372 e. The Bertz CT molecular complexity index is 937. The summed E-state index contributed by atoms with van der Waals surface area (Å²) in [5, 5.41) is 1.96. The zero-order valence-electron chi connectivity index (χ0n) is 16.5. The van der Waals surface area contributed by atoms with Crippen molar-refractivity contribution >= 4 is 40.1 Å². The number of amides is 2. The molecule has 0 aliphatic carbocycles. The Hall–Kier alpha value is -2.60. The predicted octanol–water partition coefficient (Wildman–Crippen LogP) is 4.12. The van der Waals surface area contributed by atoms with Gasteiger partial charge in [0.2, 0.25) is 0 Å². The Morgan fingerprint density at radius 1 is 0.690 bits per heavy atom. The molecular formula is C23H25N3O2S. The van der Waals surface area contributed by atoms with E-state index >= 15 is 0 Å². The first-order valence-electron chi connectivity index (χ1n) is 10.5. The summed E-state index contributed by atoms with van der Waals surface area (Å²) in [7, 11) is 0. The van der Waals surface area contributed by atoms with Crippen LogP contribution in [0.25, 0.3) is 5.57 Å². The molecule has 0 saturated carbocycles. The number of imide groups is 1. The number of benzene rings is 1. The second-order valence-electron chi connectivity index (χ2n) is 7.90. The zero-order valence-corrected chi connectivity index (χ0v) is 17.3. The SMILES string of the molecule is O=C1C(c2cccs2)=C(N2CCCCC2)C(=O)N1c1ccc(N2CCCC2)cc1. The van der Waals surface area contributed by atoms with Crippen molar-refractivity contribution in [2.75, 3.05) is 36.0 Å². The van der Waals surface area contributed by atoms with Gasteiger partial charge in [0.05, 0.1) is 11.3 Å². The van der Waals surface area contributed by atoms with Crippen LogP contribution in [0.1, 0.15) is 37.0 Å². The summed E-state index contributed by atoms with van der Waals surface area (Å²) in [6, 6.07) is 11.8. The fourth-order valence-electron chi connectivity index (χ4n) is 4.59. The van der Waals surface area contributed by atoms with Crippen LogP contribution in [0.2, 0.25) is 0 Å². The monoisotopic (exact) mass is 407 g/mol. The van der Waals surface area contributed by atoms with Crippen LogP contribution in [0.4, 0.5) is 11.4 Å². The van der Waals surface area contributed by atoms with Crippen molar-refractivity contribution in [1.29, 1.82) is 0 Å². The molecule has 1 aromatic carbocycles. The fourth-order valence-corrected chi connectivity index (χ4v) is 5.36. The third kappa shape index (κ3) is 3.25. The van der Waals surface area contributed by atoms with Gasteiger partial charge in [0.15, 0.2) is 0 Å². The van der Waals surface area contributed by atoms with Gasteiger partial charge in [0.1, 0.15) is 5.70 Å². The van der Waals surface area contributed by atoms with E-state index in [-0.39, 0.29) is 11.8 Å². The van der Waals surface area contributed by atoms with Crippen molar-refractivity contribution in [3.8, 4) is 0 Å². The van der Waals surface area contributed by atoms with Gasteiger partial charge in [-0.3, -0.25) is 9.59 Å². The Labute approximate surface area is 175 Å². The van der Waals surface area contributed by atoms with Crippen LogP contribution < -0.4 is 9.80 Å². The standard InChI is InChI=1S/C23H25N3O2S/c27-22-20(19-7-6-16-29-19)21(25-14-2-1-3-15-25)23(28)26(22)18-10-8-17(9-11-18)24-12-4-5-13-24/h6-11,16H,1-5,12-15H2. The van der Waals surface area contributed by atoms with Crippen molar-refractivity contribution in [1.82, 2.24) is 4.90 Å². The summed E-state index contributed by atoms with van der Waals surface area (Å²) in [4.78, 5) is 33.6. The van der Waals surface area contributed by atoms with Gasteiger partial charge < -0.3 is 9.80 Å². The lowest BCUT2D eigenvalue weighted by Gasteiger charge is -2.29. The number of likely N-dealkylation sites (tertiary alicyclic amines) is 1. The minimum absolute atomic E-state index is 0.186. The second kappa shape index (κ2) is 7.67. The summed E-state index contributed by atoms with van der Waals surface area (Å²) in [6.45, 7) is 3.82. The van der Waals surface area contributed by atoms with Crippen molar-refractivity contribution in [2.24, 2.45) is 0 Å². The van der Waals surface area contributed by atoms with E-state index in [9.17, 15) is 9.59 Å². The van der Waals surface area contributed by atoms with E-state index in [1.807, 2.05) is 41.8 Å². The average Bonchev–Trinajstić information content (AvgIpc) is 3.50. The third-order valence-electron chi connectivity index (χ3n) is 6.08. The number of piperidine rings is 1. The predicted molar refractivity (Wildman–Crippen MR) is 117 cm³/mol. The molecule has 0 atom stereocenters. The molecule has 0 radical (unpaired) electrons. The topological polar surface area (TPSA) is 43.9 Å². The number of hydrogen-bond donors (Lipinski definition) is 0. The Morgan fingerprint density at radius 3 is 1.97 bits per heavy atom. The van der Waals surface area contributed by atoms with Crippen molar-refractivity contribution in [3.05, 3.63) is 52.4 Å². The summed E-state index contributed by atoms with van der Waals surface area (Å²) >= 11 is 1.52. The highest BCUT2D eigenvalue weighted by atomic mass is 32.1. The number of carbonyl (C=O) groups is 2. The molecule has 2 amide bonds. The molecule has 2 saturated heterocycles. The molecule has 3 aliphatic rings. The number of anilines is 2. The van der Waals surface area contributed by atoms with Gasteiger partial charge in [0, 0.05) is 36.7 Å². The molecular weight excluding hydrogens is 382 g/mol. The fraction of sp³-hybridized carbons (Fsp3) is 0.391. The molecule has 3 aliphatic heterocycles. The van der Waals surface area contributed by atoms with Crippen LogP contribution >= 0.6 is 11.3 Å². The molecule has 1 aromatic heterocycles. The molecule has 0 bridgehead atoms. The lowest BCUT2D eigenvalue weighted by molar-refractivity contribution is -0.120. The highest BCUT2D eigenvalue weighted by molar-refractivity contribution is 7.11. The molecule has 0 N–H and O–H groups in total. The molecule has 2 fully saturated rings. The molecule has 5 nitrogen and oxygen atoms in total. The van der Waals surface area contributed by atoms with E-state index in [0.29, 0.717) is 17.0 Å². The van der Waals surface area contributed by atoms with Crippen LogP contribution in [0, 0.1) is 0 Å². The Balaban J connectivity index is 1.49. The largest absolute Gasteiger partial charge is 0.372 e. The maximum atomic E-state index is 13.5. The smallest absolute Gasteiger partial charge is 0.282 e. The number of nitrogens with zero attached hydrogens (tertiary/aromatic N) is 3. The normalized spacial score (nSPS) is 20.3. The summed E-state index contributed by atoms with van der Waals surface area (Å²) in [5.41, 5.74) is 2.97. The molecule has 150 valence electrons. The summed E-state index contributed by atoms with van der Waals surface area (Å²) < 4.78 is 0. The van der Waals surface area contributed by atoms with Gasteiger partial charge in [-0.05, 0) is 67.8 Å². The van der Waals surface area contributed by atoms with Crippen LogP contribution in [-0.4, -0.2) is 42.9 Å². The van der Waals surface area contributed by atoms with Gasteiger partial charge in [-0.2, -0.15) is 0 Å². The van der Waals surface area contributed by atoms with Crippen molar-refractivity contribution in [2.45, 2.75) is 32.1 Å². The van der Waals surface area contributed by atoms with E-state index in [2.05, 4.69) is 9.80 Å². The number of carbonyl (C=O) groups excluding carboxylic acids is 2. The second-order valence-corrected chi connectivity index (χ2v) is 8.85. The zero-order chi connectivity index (χ0) is 19.8. The molecule has 0 spiro atoms. The highest BCUT2D eigenvalue weighted by Gasteiger charge is 2.43. The van der Waals surface area contributed by atoms with Crippen LogP contribution in [-0.2, 0) is 9.59 Å². The number of thiophene rings is 1. The average molecular weight is 408 g/mol. The van der Waals surface area contributed by atoms with E-state index in [0.717, 1.165) is 49.6 Å². The van der Waals surface area contributed by atoms with Crippen LogP contribution in [0.3, 0.4) is 0 Å². The van der Waals surface area contributed by atoms with Gasteiger partial charge in [-0.25, -0.2) is 4.90 Å². The quantitative estimate of drug-likeness (QED) is 0.715. The maximum absolute atomic E-state index is 13.5. The lowest BCUT2D eigenvalue weighted by Crippen LogP contribution is -2.37. The molecule has 0 unspecified atom stereocenters. The number of hydrogen-bond acceptors (Lipinski definition) is 5. The summed E-state index contributed by atoms with van der Waals surface area (Å²) in [6.07, 6.45) is 5.75. The van der Waals surface area contributed by atoms with Gasteiger partial charge >= 0.3 is 0 Å². The Morgan fingerprint density at radius 2 is 1.31 bits per heavy atom. The van der Waals surface area contributed by atoms with E-state index in [1.165, 1.54) is 35.5 Å². The van der Waals surface area contributed by atoms with E-state index in [1.54, 1.807) is 0 Å². The molecule has 4 heterocycles. The molecule has 6 heteroatoms. The lowest BCUT2D eigenvalue weighted by atomic mass is 10.1. The first-order valence-corrected chi connectivity index (χ1v) is 11.4. The summed E-state index contributed by atoms with van der Waals surface area (Å²) in [5.74, 6) is -0.388. The number of rotatable bonds is 4.